The van der Waals surface area contributed by atoms with Gasteiger partial charge >= 0.3 is 0 Å². The van der Waals surface area contributed by atoms with E-state index in [2.05, 4.69) is 26.1 Å². The Hall–Kier alpha value is -2.50. The quantitative estimate of drug-likeness (QED) is 0.323. The standard InChI is InChI=1S/C27H27Cl2N3O2/c1-14-5-7-17-20(11-14)34-23-21(31-32(22(17)23)19-8-6-16(28)12-18(19)29)24(33)30-25-26(2,3)15-9-10-27(25,4)13-15/h5-8,11-12,15,25H,9-10,13H2,1-4H3,(H,30,33). The van der Waals surface area contributed by atoms with Gasteiger partial charge in [0.2, 0.25) is 0 Å². The number of nitrogens with one attached hydrogen (secondary N) is 1. The molecule has 2 saturated carbocycles. The summed E-state index contributed by atoms with van der Waals surface area (Å²) in [6.07, 6.45) is 3.52. The Morgan fingerprint density at radius 3 is 2.68 bits per heavy atom. The molecule has 6 rings (SSSR count). The molecule has 0 radical (unpaired) electrons. The molecular formula is C27H27Cl2N3O2. The lowest BCUT2D eigenvalue weighted by Crippen LogP contribution is -2.52. The van der Waals surface area contributed by atoms with Crippen molar-refractivity contribution in [2.24, 2.45) is 16.7 Å². The summed E-state index contributed by atoms with van der Waals surface area (Å²) in [6.45, 7) is 8.87. The number of rotatable bonds is 3. The Balaban J connectivity index is 1.51. The predicted molar refractivity (Wildman–Crippen MR) is 136 cm³/mol. The maximum atomic E-state index is 13.7. The molecule has 7 heteroatoms. The van der Waals surface area contributed by atoms with E-state index in [0.29, 0.717) is 32.8 Å². The van der Waals surface area contributed by atoms with E-state index in [1.807, 2.05) is 31.2 Å². The number of hydrogen-bond acceptors (Lipinski definition) is 3. The zero-order chi connectivity index (χ0) is 24.0. The first-order valence-electron chi connectivity index (χ1n) is 11.8. The van der Waals surface area contributed by atoms with Crippen molar-refractivity contribution >= 4 is 51.2 Å². The zero-order valence-electron chi connectivity index (χ0n) is 19.7. The molecule has 34 heavy (non-hydrogen) atoms. The van der Waals surface area contributed by atoms with E-state index in [-0.39, 0.29) is 28.5 Å². The van der Waals surface area contributed by atoms with Gasteiger partial charge in [0.05, 0.1) is 10.7 Å². The number of hydrogen-bond donors (Lipinski definition) is 1. The molecule has 2 aromatic heterocycles. The summed E-state index contributed by atoms with van der Waals surface area (Å²) >= 11 is 12.7. The van der Waals surface area contributed by atoms with Crippen LogP contribution < -0.4 is 5.32 Å². The van der Waals surface area contributed by atoms with Gasteiger partial charge in [-0.3, -0.25) is 4.79 Å². The topological polar surface area (TPSA) is 60.1 Å². The van der Waals surface area contributed by atoms with Crippen LogP contribution >= 0.6 is 23.2 Å². The van der Waals surface area contributed by atoms with Gasteiger partial charge < -0.3 is 9.73 Å². The summed E-state index contributed by atoms with van der Waals surface area (Å²) < 4.78 is 7.95. The number of amides is 1. The highest BCUT2D eigenvalue weighted by molar-refractivity contribution is 6.35. The second-order valence-corrected chi connectivity index (χ2v) is 11.8. The first kappa shape index (κ1) is 22.0. The molecule has 5 nitrogen and oxygen atoms in total. The smallest absolute Gasteiger partial charge is 0.275 e. The minimum atomic E-state index is -0.212. The minimum Gasteiger partial charge on any atom is -0.452 e. The van der Waals surface area contributed by atoms with Crippen molar-refractivity contribution in [3.05, 3.63) is 57.7 Å². The number of benzene rings is 2. The zero-order valence-corrected chi connectivity index (χ0v) is 21.2. The molecule has 1 N–H and O–H groups in total. The van der Waals surface area contributed by atoms with Gasteiger partial charge in [0.15, 0.2) is 11.3 Å². The van der Waals surface area contributed by atoms with E-state index in [1.165, 1.54) is 6.42 Å². The second kappa shape index (κ2) is 7.25. The third-order valence-electron chi connectivity index (χ3n) is 8.34. The van der Waals surface area contributed by atoms with Gasteiger partial charge in [-0.25, -0.2) is 4.68 Å². The van der Waals surface area contributed by atoms with Gasteiger partial charge in [-0.2, -0.15) is 5.10 Å². The van der Waals surface area contributed by atoms with E-state index >= 15 is 0 Å². The number of aryl methyl sites for hydroxylation is 1. The predicted octanol–water partition coefficient (Wildman–Crippen LogP) is 7.33. The van der Waals surface area contributed by atoms with E-state index < -0.39 is 0 Å². The number of carbonyl (C=O) groups is 1. The summed E-state index contributed by atoms with van der Waals surface area (Å²) in [5.41, 5.74) is 4.05. The Kier molecular flexibility index (Phi) is 4.69. The summed E-state index contributed by atoms with van der Waals surface area (Å²) in [6, 6.07) is 11.3. The van der Waals surface area contributed by atoms with Crippen LogP contribution in [-0.2, 0) is 0 Å². The number of fused-ring (bicyclic) bond motifs is 5. The third kappa shape index (κ3) is 3.06. The number of halogens is 2. The summed E-state index contributed by atoms with van der Waals surface area (Å²) in [7, 11) is 0. The molecule has 2 aliphatic carbocycles. The van der Waals surface area contributed by atoms with Crippen molar-refractivity contribution in [3.8, 4) is 5.69 Å². The van der Waals surface area contributed by atoms with Crippen LogP contribution in [-0.4, -0.2) is 21.7 Å². The SMILES string of the molecule is Cc1ccc2c(c1)oc1c(C(=O)NC3C4(C)CCC(C4)C3(C)C)nn(-c3ccc(Cl)cc3Cl)c12. The minimum absolute atomic E-state index is 0.0365. The fourth-order valence-corrected chi connectivity index (χ4v) is 7.08. The van der Waals surface area contributed by atoms with E-state index in [1.54, 1.807) is 16.8 Å². The van der Waals surface area contributed by atoms with Crippen LogP contribution in [0.15, 0.2) is 40.8 Å². The molecule has 2 heterocycles. The molecule has 0 saturated heterocycles. The van der Waals surface area contributed by atoms with Crippen LogP contribution in [0.2, 0.25) is 10.0 Å². The Morgan fingerprint density at radius 1 is 1.18 bits per heavy atom. The van der Waals surface area contributed by atoms with Gasteiger partial charge in [-0.05, 0) is 78.8 Å². The normalized spacial score (nSPS) is 25.5. The third-order valence-corrected chi connectivity index (χ3v) is 8.88. The first-order valence-corrected chi connectivity index (χ1v) is 12.5. The Bertz CT molecular complexity index is 1480. The van der Waals surface area contributed by atoms with Crippen LogP contribution in [0.4, 0.5) is 0 Å². The lowest BCUT2D eigenvalue weighted by molar-refractivity contribution is 0.0733. The van der Waals surface area contributed by atoms with E-state index in [9.17, 15) is 4.79 Å². The molecule has 2 bridgehead atoms. The van der Waals surface area contributed by atoms with E-state index in [0.717, 1.165) is 29.3 Å². The molecule has 1 amide bonds. The molecule has 3 atom stereocenters. The van der Waals surface area contributed by atoms with Crippen LogP contribution in [0.25, 0.3) is 27.8 Å². The molecule has 2 aromatic carbocycles. The average molecular weight is 496 g/mol. The maximum absolute atomic E-state index is 13.7. The van der Waals surface area contributed by atoms with Gasteiger partial charge in [0.1, 0.15) is 11.1 Å². The highest BCUT2D eigenvalue weighted by atomic mass is 35.5. The van der Waals surface area contributed by atoms with Crippen molar-refractivity contribution in [2.45, 2.75) is 53.0 Å². The van der Waals surface area contributed by atoms with Crippen LogP contribution in [0.5, 0.6) is 0 Å². The lowest BCUT2D eigenvalue weighted by Gasteiger charge is -2.42. The Morgan fingerprint density at radius 2 is 1.97 bits per heavy atom. The summed E-state index contributed by atoms with van der Waals surface area (Å²) in [5.74, 6) is 0.416. The number of aromatic nitrogens is 2. The van der Waals surface area contributed by atoms with E-state index in [4.69, 9.17) is 32.7 Å². The van der Waals surface area contributed by atoms with Crippen molar-refractivity contribution < 1.29 is 9.21 Å². The fraction of sp³-hybridized carbons (Fsp3) is 0.407. The largest absolute Gasteiger partial charge is 0.452 e. The highest BCUT2D eigenvalue weighted by Gasteiger charge is 2.59. The van der Waals surface area contributed by atoms with Gasteiger partial charge in [-0.1, -0.05) is 50.0 Å². The summed E-state index contributed by atoms with van der Waals surface area (Å²) in [5, 5.41) is 9.97. The number of carbonyl (C=O) groups excluding carboxylic acids is 1. The van der Waals surface area contributed by atoms with Crippen molar-refractivity contribution in [3.63, 3.8) is 0 Å². The van der Waals surface area contributed by atoms with Crippen molar-refractivity contribution in [1.82, 2.24) is 15.1 Å². The maximum Gasteiger partial charge on any atom is 0.275 e. The van der Waals surface area contributed by atoms with Crippen molar-refractivity contribution in [1.29, 1.82) is 0 Å². The Labute approximate surface area is 208 Å². The van der Waals surface area contributed by atoms with Gasteiger partial charge in [0.25, 0.3) is 5.91 Å². The fourth-order valence-electron chi connectivity index (χ4n) is 6.59. The number of furan rings is 1. The molecule has 0 spiro atoms. The van der Waals surface area contributed by atoms with Gasteiger partial charge in [-0.15, -0.1) is 0 Å². The van der Waals surface area contributed by atoms with Gasteiger partial charge in [0, 0.05) is 16.5 Å². The molecule has 176 valence electrons. The molecule has 4 aromatic rings. The average Bonchev–Trinajstić information content (AvgIpc) is 3.47. The van der Waals surface area contributed by atoms with Crippen molar-refractivity contribution in [2.75, 3.05) is 0 Å². The molecule has 2 aliphatic rings. The molecule has 0 aliphatic heterocycles. The van der Waals surface area contributed by atoms with Crippen LogP contribution in [0.1, 0.15) is 56.1 Å². The summed E-state index contributed by atoms with van der Waals surface area (Å²) in [4.78, 5) is 13.7. The highest BCUT2D eigenvalue weighted by Crippen LogP contribution is 2.62. The first-order chi connectivity index (χ1) is 16.1. The monoisotopic (exact) mass is 495 g/mol. The molecule has 2 fully saturated rings. The molecular weight excluding hydrogens is 469 g/mol. The second-order valence-electron chi connectivity index (χ2n) is 11.0. The lowest BCUT2D eigenvalue weighted by atomic mass is 9.68. The number of nitrogens with zero attached hydrogens (tertiary/aromatic N) is 2. The van der Waals surface area contributed by atoms with Crippen LogP contribution in [0, 0.1) is 23.7 Å². The van der Waals surface area contributed by atoms with Crippen LogP contribution in [0.3, 0.4) is 0 Å². The molecule has 3 unspecified atom stereocenters.